The summed E-state index contributed by atoms with van der Waals surface area (Å²) >= 11 is 0. The number of para-hydroxylation sites is 1. The number of aryl methyl sites for hydroxylation is 1. The third-order valence-electron chi connectivity index (χ3n) is 2.84. The van der Waals surface area contributed by atoms with E-state index in [1.807, 2.05) is 31.2 Å². The molecule has 0 aliphatic carbocycles. The molecule has 0 aliphatic heterocycles. The first kappa shape index (κ1) is 13.2. The fraction of sp³-hybridized carbons (Fsp3) is 0.267. The van der Waals surface area contributed by atoms with Crippen LogP contribution in [0.4, 0.5) is 5.69 Å². The van der Waals surface area contributed by atoms with Crippen molar-refractivity contribution >= 4 is 11.6 Å². The summed E-state index contributed by atoms with van der Waals surface area (Å²) in [6.45, 7) is 6.02. The lowest BCUT2D eigenvalue weighted by Crippen LogP contribution is -2.15. The lowest BCUT2D eigenvalue weighted by molar-refractivity contribution is 0.102. The van der Waals surface area contributed by atoms with Crippen LogP contribution in [0.5, 0.6) is 0 Å². The molecule has 2 rings (SSSR count). The van der Waals surface area contributed by atoms with E-state index in [9.17, 15) is 4.79 Å². The van der Waals surface area contributed by atoms with Crippen LogP contribution < -0.4 is 5.32 Å². The van der Waals surface area contributed by atoms with Crippen molar-refractivity contribution in [3.05, 3.63) is 53.6 Å². The molecule has 0 radical (unpaired) electrons. The van der Waals surface area contributed by atoms with Crippen LogP contribution in [-0.2, 0) is 0 Å². The number of benzene rings is 1. The third kappa shape index (κ3) is 3.16. The number of anilines is 1. The Morgan fingerprint density at radius 3 is 2.53 bits per heavy atom. The number of aromatic nitrogens is 2. The van der Waals surface area contributed by atoms with Crippen LogP contribution in [-0.4, -0.2) is 15.9 Å². The van der Waals surface area contributed by atoms with E-state index in [0.717, 1.165) is 16.9 Å². The molecule has 0 atom stereocenters. The van der Waals surface area contributed by atoms with Crippen LogP contribution in [0.15, 0.2) is 36.7 Å². The molecule has 0 bridgehead atoms. The number of carbonyl (C=O) groups excluding carboxylic acids is 1. The monoisotopic (exact) mass is 255 g/mol. The highest BCUT2D eigenvalue weighted by Gasteiger charge is 2.11. The molecular formula is C15H17N3O. The van der Waals surface area contributed by atoms with Gasteiger partial charge in [-0.1, -0.05) is 32.0 Å². The molecule has 98 valence electrons. The van der Waals surface area contributed by atoms with E-state index in [1.165, 1.54) is 6.20 Å². The fourth-order valence-corrected chi connectivity index (χ4v) is 1.81. The van der Waals surface area contributed by atoms with Crippen LogP contribution in [0.3, 0.4) is 0 Å². The minimum Gasteiger partial charge on any atom is -0.320 e. The second-order valence-electron chi connectivity index (χ2n) is 4.74. The highest BCUT2D eigenvalue weighted by atomic mass is 16.1. The summed E-state index contributed by atoms with van der Waals surface area (Å²) in [7, 11) is 0. The predicted octanol–water partition coefficient (Wildman–Crippen LogP) is 3.16. The summed E-state index contributed by atoms with van der Waals surface area (Å²) in [5, 5.41) is 2.89. The average Bonchev–Trinajstić information content (AvgIpc) is 2.39. The molecule has 0 aliphatic rings. The first-order valence-electron chi connectivity index (χ1n) is 6.27. The molecule has 1 aromatic carbocycles. The Morgan fingerprint density at radius 2 is 1.89 bits per heavy atom. The molecule has 19 heavy (non-hydrogen) atoms. The number of nitrogens with one attached hydrogen (secondary N) is 1. The van der Waals surface area contributed by atoms with Gasteiger partial charge in [0.2, 0.25) is 0 Å². The van der Waals surface area contributed by atoms with E-state index >= 15 is 0 Å². The Bertz CT molecular complexity index is 576. The molecule has 0 saturated carbocycles. The molecule has 0 unspecified atom stereocenters. The fourth-order valence-electron chi connectivity index (χ4n) is 1.81. The summed E-state index contributed by atoms with van der Waals surface area (Å²) < 4.78 is 0. The predicted molar refractivity (Wildman–Crippen MR) is 75.3 cm³/mol. The number of hydrogen-bond acceptors (Lipinski definition) is 3. The highest BCUT2D eigenvalue weighted by molar-refractivity contribution is 6.03. The minimum atomic E-state index is -0.236. The van der Waals surface area contributed by atoms with Crippen molar-refractivity contribution in [2.75, 3.05) is 5.32 Å². The summed E-state index contributed by atoms with van der Waals surface area (Å²) in [6, 6.07) is 7.79. The van der Waals surface area contributed by atoms with Gasteiger partial charge in [0.25, 0.3) is 5.91 Å². The summed E-state index contributed by atoms with van der Waals surface area (Å²) in [5.74, 6) is 0.112. The molecule has 0 fully saturated rings. The zero-order chi connectivity index (χ0) is 13.8. The second kappa shape index (κ2) is 5.61. The zero-order valence-corrected chi connectivity index (χ0v) is 11.3. The molecule has 1 aromatic heterocycles. The summed E-state index contributed by atoms with van der Waals surface area (Å²) in [6.07, 6.45) is 3.08. The molecule has 0 spiro atoms. The van der Waals surface area contributed by atoms with Gasteiger partial charge < -0.3 is 5.32 Å². The maximum atomic E-state index is 12.1. The SMILES string of the molecule is Cc1cnc(C(=O)Nc2ccccc2C(C)C)cn1. The quantitative estimate of drug-likeness (QED) is 0.916. The van der Waals surface area contributed by atoms with Crippen molar-refractivity contribution in [2.24, 2.45) is 0 Å². The Morgan fingerprint density at radius 1 is 1.16 bits per heavy atom. The Hall–Kier alpha value is -2.23. The van der Waals surface area contributed by atoms with Crippen molar-refractivity contribution in [3.8, 4) is 0 Å². The van der Waals surface area contributed by atoms with Gasteiger partial charge in [0.1, 0.15) is 5.69 Å². The number of nitrogens with zero attached hydrogens (tertiary/aromatic N) is 2. The van der Waals surface area contributed by atoms with Crippen LogP contribution in [0, 0.1) is 6.92 Å². The van der Waals surface area contributed by atoms with E-state index in [0.29, 0.717) is 11.6 Å². The van der Waals surface area contributed by atoms with E-state index in [4.69, 9.17) is 0 Å². The number of rotatable bonds is 3. The number of carbonyl (C=O) groups is 1. The van der Waals surface area contributed by atoms with Gasteiger partial charge in [0.05, 0.1) is 11.9 Å². The smallest absolute Gasteiger partial charge is 0.275 e. The largest absolute Gasteiger partial charge is 0.320 e. The van der Waals surface area contributed by atoms with Gasteiger partial charge in [-0.15, -0.1) is 0 Å². The lowest BCUT2D eigenvalue weighted by Gasteiger charge is -2.13. The first-order valence-corrected chi connectivity index (χ1v) is 6.27. The van der Waals surface area contributed by atoms with Crippen molar-refractivity contribution < 1.29 is 4.79 Å². The van der Waals surface area contributed by atoms with Gasteiger partial charge in [0, 0.05) is 11.9 Å². The normalized spacial score (nSPS) is 10.5. The Labute approximate surface area is 112 Å². The van der Waals surface area contributed by atoms with Crippen molar-refractivity contribution in [2.45, 2.75) is 26.7 Å². The average molecular weight is 255 g/mol. The number of amides is 1. The molecule has 1 N–H and O–H groups in total. The lowest BCUT2D eigenvalue weighted by atomic mass is 10.0. The molecule has 4 nitrogen and oxygen atoms in total. The highest BCUT2D eigenvalue weighted by Crippen LogP contribution is 2.23. The molecule has 4 heteroatoms. The summed E-state index contributed by atoms with van der Waals surface area (Å²) in [5.41, 5.74) is 3.05. The second-order valence-corrected chi connectivity index (χ2v) is 4.74. The topological polar surface area (TPSA) is 54.9 Å². The molecular weight excluding hydrogens is 238 g/mol. The van der Waals surface area contributed by atoms with E-state index < -0.39 is 0 Å². The van der Waals surface area contributed by atoms with Crippen LogP contribution in [0.25, 0.3) is 0 Å². The van der Waals surface area contributed by atoms with Gasteiger partial charge in [0.15, 0.2) is 0 Å². The van der Waals surface area contributed by atoms with Gasteiger partial charge in [-0.05, 0) is 24.5 Å². The van der Waals surface area contributed by atoms with Crippen LogP contribution in [0.2, 0.25) is 0 Å². The maximum Gasteiger partial charge on any atom is 0.275 e. The van der Waals surface area contributed by atoms with Crippen LogP contribution in [0.1, 0.15) is 41.5 Å². The zero-order valence-electron chi connectivity index (χ0n) is 11.3. The van der Waals surface area contributed by atoms with Gasteiger partial charge in [-0.3, -0.25) is 9.78 Å². The Kier molecular flexibility index (Phi) is 3.90. The van der Waals surface area contributed by atoms with E-state index in [2.05, 4.69) is 29.1 Å². The molecule has 2 aromatic rings. The van der Waals surface area contributed by atoms with Gasteiger partial charge in [-0.2, -0.15) is 0 Å². The van der Waals surface area contributed by atoms with Crippen LogP contribution >= 0.6 is 0 Å². The van der Waals surface area contributed by atoms with E-state index in [1.54, 1.807) is 6.20 Å². The van der Waals surface area contributed by atoms with Crippen molar-refractivity contribution in [1.82, 2.24) is 9.97 Å². The molecule has 1 heterocycles. The molecule has 1 amide bonds. The van der Waals surface area contributed by atoms with Crippen molar-refractivity contribution in [3.63, 3.8) is 0 Å². The standard InChI is InChI=1S/C15H17N3O/c1-10(2)12-6-4-5-7-13(12)18-15(19)14-9-16-11(3)8-17-14/h4-10H,1-3H3,(H,18,19). The molecule has 0 saturated heterocycles. The first-order chi connectivity index (χ1) is 9.08. The maximum absolute atomic E-state index is 12.1. The number of hydrogen-bond donors (Lipinski definition) is 1. The van der Waals surface area contributed by atoms with Crippen molar-refractivity contribution in [1.29, 1.82) is 0 Å². The van der Waals surface area contributed by atoms with Gasteiger partial charge in [-0.25, -0.2) is 4.98 Å². The Balaban J connectivity index is 2.22. The van der Waals surface area contributed by atoms with Gasteiger partial charge >= 0.3 is 0 Å². The summed E-state index contributed by atoms with van der Waals surface area (Å²) in [4.78, 5) is 20.2. The third-order valence-corrected chi connectivity index (χ3v) is 2.84. The minimum absolute atomic E-state index is 0.236. The van der Waals surface area contributed by atoms with E-state index in [-0.39, 0.29) is 5.91 Å².